The minimum atomic E-state index is 0.718. The molecule has 27 heavy (non-hydrogen) atoms. The number of para-hydroxylation sites is 2. The predicted molar refractivity (Wildman–Crippen MR) is 110 cm³/mol. The summed E-state index contributed by atoms with van der Waals surface area (Å²) >= 11 is 0. The fourth-order valence-electron chi connectivity index (χ4n) is 3.46. The highest BCUT2D eigenvalue weighted by atomic mass is 16.5. The first-order valence-corrected chi connectivity index (χ1v) is 8.91. The van der Waals surface area contributed by atoms with Gasteiger partial charge < -0.3 is 9.47 Å². The van der Waals surface area contributed by atoms with E-state index >= 15 is 0 Å². The van der Waals surface area contributed by atoms with Crippen LogP contribution < -0.4 is 9.47 Å². The maximum atomic E-state index is 5.81. The van der Waals surface area contributed by atoms with Crippen LogP contribution in [0, 0.1) is 0 Å². The van der Waals surface area contributed by atoms with Crippen molar-refractivity contribution in [2.45, 2.75) is 12.8 Å². The summed E-state index contributed by atoms with van der Waals surface area (Å²) in [6.07, 6.45) is 5.60. The number of ether oxygens (including phenoxy) is 2. The summed E-state index contributed by atoms with van der Waals surface area (Å²) in [4.78, 5) is 0. The Hall–Kier alpha value is -3.07. The summed E-state index contributed by atoms with van der Waals surface area (Å²) in [5.74, 6) is 2.64. The lowest BCUT2D eigenvalue weighted by molar-refractivity contribution is -0.418. The van der Waals surface area contributed by atoms with Crippen molar-refractivity contribution in [3.63, 3.8) is 0 Å². The first-order valence-electron chi connectivity index (χ1n) is 8.91. The molecule has 0 atom stereocenters. The van der Waals surface area contributed by atoms with Gasteiger partial charge in [0.15, 0.2) is 0 Å². The van der Waals surface area contributed by atoms with Crippen LogP contribution in [0.2, 0.25) is 0 Å². The van der Waals surface area contributed by atoms with Gasteiger partial charge in [-0.2, -0.15) is 0 Å². The van der Waals surface area contributed by atoms with Crippen LogP contribution in [0.1, 0.15) is 11.1 Å². The fourth-order valence-corrected chi connectivity index (χ4v) is 3.46. The molecule has 0 radical (unpaired) electrons. The highest BCUT2D eigenvalue weighted by Crippen LogP contribution is 2.29. The average Bonchev–Trinajstić information content (AvgIpc) is 2.68. The van der Waals surface area contributed by atoms with Crippen LogP contribution in [0.25, 0.3) is 0 Å². The van der Waals surface area contributed by atoms with Crippen LogP contribution in [0.15, 0.2) is 84.0 Å². The van der Waals surface area contributed by atoms with Gasteiger partial charge in [0, 0.05) is 12.8 Å². The number of methoxy groups -OCH3 is 2. The molecule has 0 heterocycles. The normalized spacial score (nSPS) is 13.7. The van der Waals surface area contributed by atoms with E-state index in [0.717, 1.165) is 58.0 Å². The molecule has 1 aliphatic carbocycles. The zero-order valence-corrected chi connectivity index (χ0v) is 16.1. The fraction of sp³-hybridized carbons (Fsp3) is 0.208. The zero-order chi connectivity index (χ0) is 19.2. The van der Waals surface area contributed by atoms with Crippen LogP contribution >= 0.6 is 0 Å². The third-order valence-electron chi connectivity index (χ3n) is 4.65. The zero-order valence-electron chi connectivity index (χ0n) is 16.1. The molecule has 3 rings (SSSR count). The molecule has 0 aromatic heterocycles. The number of hydrogen-bond acceptors (Lipinski definition) is 2. The second-order valence-corrected chi connectivity index (χ2v) is 6.42. The van der Waals surface area contributed by atoms with Crippen LogP contribution in [-0.2, 0) is 17.3 Å². The summed E-state index contributed by atoms with van der Waals surface area (Å²) in [5, 5.41) is 0. The average molecular weight is 361 g/mol. The van der Waals surface area contributed by atoms with Crippen LogP contribution in [-0.4, -0.2) is 27.1 Å². The Kier molecular flexibility index (Phi) is 5.92. The molecular weight excluding hydrogens is 336 g/mol. The molecule has 138 valence electrons. The summed E-state index contributed by atoms with van der Waals surface area (Å²) in [6.45, 7) is 4.17. The van der Waals surface area contributed by atoms with Gasteiger partial charge in [-0.05, 0) is 41.0 Å². The second kappa shape index (κ2) is 8.54. The van der Waals surface area contributed by atoms with Gasteiger partial charge in [0.25, 0.3) is 7.11 Å². The number of carbonyl (C=O) groups excluding carboxylic acids is 1. The van der Waals surface area contributed by atoms with Gasteiger partial charge in [0.2, 0.25) is 0 Å². The number of rotatable bonds is 6. The molecule has 1 aliphatic rings. The van der Waals surface area contributed by atoms with Crippen molar-refractivity contribution in [1.82, 2.24) is 0 Å². The smallest absolute Gasteiger partial charge is 0.350 e. The van der Waals surface area contributed by atoms with E-state index in [1.165, 1.54) is 0 Å². The van der Waals surface area contributed by atoms with Crippen molar-refractivity contribution in [2.75, 3.05) is 21.3 Å². The molecule has 0 amide bonds. The van der Waals surface area contributed by atoms with Gasteiger partial charge >= 0.3 is 5.78 Å². The van der Waals surface area contributed by atoms with Crippen LogP contribution in [0.5, 0.6) is 11.5 Å². The molecule has 0 bridgehead atoms. The molecule has 2 aromatic rings. The molecule has 0 aliphatic heterocycles. The monoisotopic (exact) mass is 361 g/mol. The Labute approximate surface area is 161 Å². The van der Waals surface area contributed by atoms with Gasteiger partial charge in [-0.3, -0.25) is 4.42 Å². The molecule has 0 N–H and O–H groups in total. The lowest BCUT2D eigenvalue weighted by Crippen LogP contribution is -2.17. The Morgan fingerprint density at radius 2 is 1.22 bits per heavy atom. The maximum absolute atomic E-state index is 5.81. The van der Waals surface area contributed by atoms with E-state index in [9.17, 15) is 0 Å². The van der Waals surface area contributed by atoms with E-state index in [4.69, 9.17) is 13.9 Å². The molecular formula is C24H25O3+. The SMILES string of the molecule is C=C1C=C(Cc2ccccc2OC)C(=[O+]C)C(Cc2ccccc2OC)=C1. The van der Waals surface area contributed by atoms with Gasteiger partial charge in [0.1, 0.15) is 11.5 Å². The molecule has 2 aromatic carbocycles. The molecule has 0 fully saturated rings. The van der Waals surface area contributed by atoms with Crippen molar-refractivity contribution >= 4 is 5.78 Å². The van der Waals surface area contributed by atoms with E-state index in [-0.39, 0.29) is 0 Å². The third-order valence-corrected chi connectivity index (χ3v) is 4.65. The van der Waals surface area contributed by atoms with E-state index in [1.54, 1.807) is 21.3 Å². The Bertz CT molecular complexity index is 861. The van der Waals surface area contributed by atoms with E-state index < -0.39 is 0 Å². The quantitative estimate of drug-likeness (QED) is 0.701. The first kappa shape index (κ1) is 18.7. The lowest BCUT2D eigenvalue weighted by atomic mass is 9.87. The van der Waals surface area contributed by atoms with E-state index in [1.807, 2.05) is 36.4 Å². The summed E-state index contributed by atoms with van der Waals surface area (Å²) in [5.41, 5.74) is 5.39. The minimum Gasteiger partial charge on any atom is -0.496 e. The van der Waals surface area contributed by atoms with Gasteiger partial charge in [-0.25, -0.2) is 0 Å². The summed E-state index contributed by atoms with van der Waals surface area (Å²) < 4.78 is 16.8. The molecule has 0 saturated carbocycles. The molecule has 3 heteroatoms. The number of hydrogen-bond donors (Lipinski definition) is 0. The largest absolute Gasteiger partial charge is 0.496 e. The molecule has 0 saturated heterocycles. The Morgan fingerprint density at radius 1 is 0.778 bits per heavy atom. The van der Waals surface area contributed by atoms with Crippen LogP contribution in [0.4, 0.5) is 0 Å². The van der Waals surface area contributed by atoms with Gasteiger partial charge in [-0.15, -0.1) is 0 Å². The highest BCUT2D eigenvalue weighted by molar-refractivity contribution is 6.11. The van der Waals surface area contributed by atoms with Crippen LogP contribution in [0.3, 0.4) is 0 Å². The van der Waals surface area contributed by atoms with Crippen molar-refractivity contribution in [3.05, 3.63) is 95.1 Å². The Morgan fingerprint density at radius 3 is 1.63 bits per heavy atom. The molecule has 0 unspecified atom stereocenters. The summed E-state index contributed by atoms with van der Waals surface area (Å²) in [7, 11) is 5.11. The van der Waals surface area contributed by atoms with Gasteiger partial charge in [0.05, 0.1) is 25.4 Å². The van der Waals surface area contributed by atoms with Crippen molar-refractivity contribution in [2.24, 2.45) is 0 Å². The Balaban J connectivity index is 1.91. The van der Waals surface area contributed by atoms with E-state index in [0.29, 0.717) is 0 Å². The maximum Gasteiger partial charge on any atom is 0.350 e. The van der Waals surface area contributed by atoms with Crippen molar-refractivity contribution in [1.29, 1.82) is 0 Å². The predicted octanol–water partition coefficient (Wildman–Crippen LogP) is 4.65. The topological polar surface area (TPSA) is 29.8 Å². The number of benzene rings is 2. The standard InChI is InChI=1S/C24H25O3/c1-17-13-20(15-18-9-5-7-11-22(18)25-2)24(27-4)21(14-17)16-19-10-6-8-12-23(19)26-3/h5-14H,1,15-16H2,2-4H3/q+1. The van der Waals surface area contributed by atoms with Crippen molar-refractivity contribution in [3.8, 4) is 11.5 Å². The molecule has 0 spiro atoms. The first-order chi connectivity index (χ1) is 13.2. The lowest BCUT2D eigenvalue weighted by Gasteiger charge is -2.15. The number of ketones is 1. The van der Waals surface area contributed by atoms with Crippen molar-refractivity contribution < 1.29 is 13.9 Å². The molecule has 3 nitrogen and oxygen atoms in total. The highest BCUT2D eigenvalue weighted by Gasteiger charge is 2.28. The van der Waals surface area contributed by atoms with Gasteiger partial charge in [-0.1, -0.05) is 43.0 Å². The summed E-state index contributed by atoms with van der Waals surface area (Å²) in [6, 6.07) is 16.1. The third kappa shape index (κ3) is 4.20. The number of allylic oxidation sites excluding steroid dienone is 5. The second-order valence-electron chi connectivity index (χ2n) is 6.42. The minimum absolute atomic E-state index is 0.718. The van der Waals surface area contributed by atoms with E-state index in [2.05, 4.69) is 30.9 Å².